The molecule has 0 fully saturated rings. The highest BCUT2D eigenvalue weighted by Gasteiger charge is 2.17. The molecule has 0 saturated carbocycles. The highest BCUT2D eigenvalue weighted by molar-refractivity contribution is 9.10. The largest absolute Gasteiger partial charge is 0.392 e. The zero-order valence-corrected chi connectivity index (χ0v) is 13.5. The number of pyridine rings is 1. The Morgan fingerprint density at radius 2 is 1.95 bits per heavy atom. The molecule has 20 heavy (non-hydrogen) atoms. The lowest BCUT2D eigenvalue weighted by atomic mass is 10.1. The van der Waals surface area contributed by atoms with Crippen LogP contribution in [-0.4, -0.2) is 26.0 Å². The number of halogens is 1. The maximum Gasteiger partial charge on any atom is 0.0766 e. The summed E-state index contributed by atoms with van der Waals surface area (Å²) in [6.45, 7) is 4.97. The number of rotatable bonds is 6. The van der Waals surface area contributed by atoms with E-state index in [0.717, 1.165) is 34.4 Å². The second-order valence-electron chi connectivity index (χ2n) is 4.79. The highest BCUT2D eigenvalue weighted by Crippen LogP contribution is 2.24. The summed E-state index contributed by atoms with van der Waals surface area (Å²) in [6.07, 6.45) is 5.21. The van der Waals surface area contributed by atoms with Crippen LogP contribution in [0.25, 0.3) is 0 Å². The van der Waals surface area contributed by atoms with Gasteiger partial charge in [0.15, 0.2) is 0 Å². The minimum absolute atomic E-state index is 0.416. The molecule has 0 spiro atoms. The summed E-state index contributed by atoms with van der Waals surface area (Å²) in [4.78, 5) is 3.99. The zero-order chi connectivity index (χ0) is 14.5. The first-order valence-electron chi connectivity index (χ1n) is 6.96. The Morgan fingerprint density at radius 1 is 1.25 bits per heavy atom. The molecule has 0 aliphatic carbocycles. The molecular weight excluding hydrogens is 318 g/mol. The van der Waals surface area contributed by atoms with E-state index in [2.05, 4.69) is 39.9 Å². The smallest absolute Gasteiger partial charge is 0.0766 e. The summed E-state index contributed by atoms with van der Waals surface area (Å²) in [5, 5.41) is 14.9. The molecule has 0 aliphatic heterocycles. The van der Waals surface area contributed by atoms with Crippen molar-refractivity contribution in [2.45, 2.75) is 45.8 Å². The molecular formula is C15H20BrN3O. The monoisotopic (exact) mass is 337 g/mol. The minimum atomic E-state index is -0.416. The molecule has 1 atom stereocenters. The van der Waals surface area contributed by atoms with E-state index >= 15 is 0 Å². The number of nitrogens with zero attached hydrogens (tertiary/aromatic N) is 3. The van der Waals surface area contributed by atoms with Crippen LogP contribution in [0.2, 0.25) is 0 Å². The third-order valence-corrected chi connectivity index (χ3v) is 4.26. The summed E-state index contributed by atoms with van der Waals surface area (Å²) < 4.78 is 3.01. The Balaban J connectivity index is 2.11. The molecule has 2 aromatic rings. The number of aliphatic hydroxyl groups excluding tert-OH is 1. The molecule has 0 amide bonds. The minimum Gasteiger partial charge on any atom is -0.392 e. The van der Waals surface area contributed by atoms with Gasteiger partial charge < -0.3 is 5.11 Å². The summed E-state index contributed by atoms with van der Waals surface area (Å²) in [6, 6.07) is 3.87. The quantitative estimate of drug-likeness (QED) is 0.881. The van der Waals surface area contributed by atoms with Crippen molar-refractivity contribution in [2.24, 2.45) is 0 Å². The first-order chi connectivity index (χ1) is 9.65. The van der Waals surface area contributed by atoms with E-state index in [1.165, 1.54) is 0 Å². The predicted molar refractivity (Wildman–Crippen MR) is 82.6 cm³/mol. The second-order valence-corrected chi connectivity index (χ2v) is 5.59. The standard InChI is InChI=1S/C15H20BrN3O/c1-3-13-15(16)14(19(4-2)18-13)10-12(20)9-11-5-7-17-8-6-11/h5-8,12,20H,3-4,9-10H2,1-2H3. The van der Waals surface area contributed by atoms with Gasteiger partial charge >= 0.3 is 0 Å². The number of aliphatic hydroxyl groups is 1. The van der Waals surface area contributed by atoms with Crippen molar-refractivity contribution < 1.29 is 5.11 Å². The number of hydrogen-bond acceptors (Lipinski definition) is 3. The fraction of sp³-hybridized carbons (Fsp3) is 0.467. The van der Waals surface area contributed by atoms with Crippen molar-refractivity contribution in [3.05, 3.63) is 46.0 Å². The average Bonchev–Trinajstić information content (AvgIpc) is 2.76. The lowest BCUT2D eigenvalue weighted by Gasteiger charge is -2.12. The first-order valence-corrected chi connectivity index (χ1v) is 7.76. The third-order valence-electron chi connectivity index (χ3n) is 3.34. The van der Waals surface area contributed by atoms with Crippen LogP contribution in [0.5, 0.6) is 0 Å². The van der Waals surface area contributed by atoms with Crippen LogP contribution in [0.15, 0.2) is 29.0 Å². The van der Waals surface area contributed by atoms with Crippen LogP contribution in [0.3, 0.4) is 0 Å². The van der Waals surface area contributed by atoms with Crippen LogP contribution in [0, 0.1) is 0 Å². The SMILES string of the molecule is CCc1nn(CC)c(CC(O)Cc2ccncc2)c1Br. The Hall–Kier alpha value is -1.20. The lowest BCUT2D eigenvalue weighted by Crippen LogP contribution is -2.17. The summed E-state index contributed by atoms with van der Waals surface area (Å²) in [5.41, 5.74) is 3.23. The van der Waals surface area contributed by atoms with E-state index in [-0.39, 0.29) is 0 Å². The normalized spacial score (nSPS) is 12.6. The molecule has 0 aliphatic rings. The van der Waals surface area contributed by atoms with Gasteiger partial charge in [-0.1, -0.05) is 6.92 Å². The summed E-state index contributed by atoms with van der Waals surface area (Å²) >= 11 is 3.61. The van der Waals surface area contributed by atoms with Crippen LogP contribution < -0.4 is 0 Å². The van der Waals surface area contributed by atoms with Crippen molar-refractivity contribution in [3.8, 4) is 0 Å². The Bertz CT molecular complexity index is 554. The molecule has 0 bridgehead atoms. The van der Waals surface area contributed by atoms with Crippen LogP contribution in [0.4, 0.5) is 0 Å². The molecule has 0 saturated heterocycles. The highest BCUT2D eigenvalue weighted by atomic mass is 79.9. The van der Waals surface area contributed by atoms with Crippen LogP contribution in [-0.2, 0) is 25.8 Å². The van der Waals surface area contributed by atoms with E-state index in [0.29, 0.717) is 12.8 Å². The van der Waals surface area contributed by atoms with Crippen molar-refractivity contribution in [1.29, 1.82) is 0 Å². The fourth-order valence-electron chi connectivity index (χ4n) is 2.30. The molecule has 0 radical (unpaired) electrons. The molecule has 1 unspecified atom stereocenters. The van der Waals surface area contributed by atoms with Gasteiger partial charge in [0.05, 0.1) is 22.0 Å². The Kier molecular flexibility index (Phi) is 5.31. The Labute approximate surface area is 128 Å². The van der Waals surface area contributed by atoms with Gasteiger partial charge in [-0.2, -0.15) is 5.10 Å². The molecule has 1 N–H and O–H groups in total. The van der Waals surface area contributed by atoms with Gasteiger partial charge in [0.25, 0.3) is 0 Å². The maximum atomic E-state index is 10.3. The Morgan fingerprint density at radius 3 is 2.55 bits per heavy atom. The lowest BCUT2D eigenvalue weighted by molar-refractivity contribution is 0.172. The molecule has 2 aromatic heterocycles. The van der Waals surface area contributed by atoms with Crippen molar-refractivity contribution in [2.75, 3.05) is 0 Å². The van der Waals surface area contributed by atoms with Crippen molar-refractivity contribution >= 4 is 15.9 Å². The molecule has 2 heterocycles. The van der Waals surface area contributed by atoms with E-state index < -0.39 is 6.10 Å². The number of hydrogen-bond donors (Lipinski definition) is 1. The maximum absolute atomic E-state index is 10.3. The van der Waals surface area contributed by atoms with Gasteiger partial charge in [0, 0.05) is 25.4 Å². The van der Waals surface area contributed by atoms with E-state index in [1.807, 2.05) is 16.8 Å². The van der Waals surface area contributed by atoms with Gasteiger partial charge in [-0.25, -0.2) is 0 Å². The van der Waals surface area contributed by atoms with Gasteiger partial charge in [0.2, 0.25) is 0 Å². The first kappa shape index (κ1) is 15.2. The average molecular weight is 338 g/mol. The van der Waals surface area contributed by atoms with Crippen molar-refractivity contribution in [3.63, 3.8) is 0 Å². The van der Waals surface area contributed by atoms with Gasteiger partial charge in [0.1, 0.15) is 0 Å². The molecule has 0 aromatic carbocycles. The predicted octanol–water partition coefficient (Wildman–Crippen LogP) is 2.77. The third kappa shape index (κ3) is 3.46. The summed E-state index contributed by atoms with van der Waals surface area (Å²) in [5.74, 6) is 0. The van der Waals surface area contributed by atoms with Crippen LogP contribution in [0.1, 0.15) is 30.8 Å². The molecule has 2 rings (SSSR count). The number of aryl methyl sites for hydroxylation is 2. The van der Waals surface area contributed by atoms with Crippen LogP contribution >= 0.6 is 15.9 Å². The van der Waals surface area contributed by atoms with Gasteiger partial charge in [-0.15, -0.1) is 0 Å². The zero-order valence-electron chi connectivity index (χ0n) is 11.9. The second kappa shape index (κ2) is 6.99. The van der Waals surface area contributed by atoms with E-state index in [1.54, 1.807) is 12.4 Å². The topological polar surface area (TPSA) is 50.9 Å². The molecule has 4 nitrogen and oxygen atoms in total. The fourth-order valence-corrected chi connectivity index (χ4v) is 3.02. The molecule has 108 valence electrons. The number of aromatic nitrogens is 3. The van der Waals surface area contributed by atoms with Gasteiger partial charge in [-0.3, -0.25) is 9.67 Å². The van der Waals surface area contributed by atoms with E-state index in [4.69, 9.17) is 0 Å². The molecule has 5 heteroatoms. The summed E-state index contributed by atoms with van der Waals surface area (Å²) in [7, 11) is 0. The van der Waals surface area contributed by atoms with E-state index in [9.17, 15) is 5.11 Å². The van der Waals surface area contributed by atoms with Gasteiger partial charge in [-0.05, 0) is 53.4 Å². The van der Waals surface area contributed by atoms with Crippen molar-refractivity contribution in [1.82, 2.24) is 14.8 Å².